The zero-order valence-electron chi connectivity index (χ0n) is 21.2. The molecule has 6 rings (SSSR count). The predicted molar refractivity (Wildman–Crippen MR) is 134 cm³/mol. The fourth-order valence-electron chi connectivity index (χ4n) is 6.50. The summed E-state index contributed by atoms with van der Waals surface area (Å²) >= 11 is 0. The Morgan fingerprint density at radius 2 is 1.92 bits per heavy atom. The van der Waals surface area contributed by atoms with E-state index < -0.39 is 41.0 Å². The maximum Gasteiger partial charge on any atom is 0.313 e. The van der Waals surface area contributed by atoms with Gasteiger partial charge in [-0.1, -0.05) is 41.7 Å². The van der Waals surface area contributed by atoms with E-state index in [1.165, 1.54) is 4.90 Å². The zero-order valence-corrected chi connectivity index (χ0v) is 21.2. The molecule has 1 aromatic carbocycles. The zero-order chi connectivity index (χ0) is 26.5. The van der Waals surface area contributed by atoms with Gasteiger partial charge < -0.3 is 24.4 Å². The summed E-state index contributed by atoms with van der Waals surface area (Å²) in [7, 11) is 0. The number of ether oxygens (including phenoxy) is 2. The number of carbonyl (C=O) groups excluding carboxylic acids is 3. The molecule has 11 nitrogen and oxygen atoms in total. The molecule has 4 aliphatic rings. The number of hydrogen-bond acceptors (Lipinski definition) is 8. The van der Waals surface area contributed by atoms with Crippen molar-refractivity contribution >= 4 is 28.8 Å². The van der Waals surface area contributed by atoms with Gasteiger partial charge in [0, 0.05) is 13.1 Å². The molecule has 5 atom stereocenters. The second-order valence-corrected chi connectivity index (χ2v) is 10.5. The Morgan fingerprint density at radius 3 is 2.76 bits per heavy atom. The molecule has 4 aliphatic heterocycles. The summed E-state index contributed by atoms with van der Waals surface area (Å²) in [5, 5.41) is 18.2. The fourth-order valence-corrected chi connectivity index (χ4v) is 6.50. The van der Waals surface area contributed by atoms with Crippen molar-refractivity contribution < 1.29 is 29.0 Å². The van der Waals surface area contributed by atoms with E-state index in [1.807, 2.05) is 42.5 Å². The number of benzene rings is 1. The molecule has 200 valence electrons. The third kappa shape index (κ3) is 3.67. The van der Waals surface area contributed by atoms with Crippen molar-refractivity contribution in [2.24, 2.45) is 11.8 Å². The normalized spacial score (nSPS) is 34.1. The van der Waals surface area contributed by atoms with E-state index in [0.717, 1.165) is 24.8 Å². The van der Waals surface area contributed by atoms with E-state index in [4.69, 9.17) is 9.47 Å². The highest BCUT2D eigenvalue weighted by molar-refractivity contribution is 5.99. The van der Waals surface area contributed by atoms with E-state index in [9.17, 15) is 19.5 Å². The Morgan fingerprint density at radius 1 is 1.08 bits per heavy atom. The molecule has 2 fully saturated rings. The van der Waals surface area contributed by atoms with Gasteiger partial charge in [-0.25, -0.2) is 4.68 Å². The number of aliphatic hydroxyl groups excluding tert-OH is 1. The molecule has 2 aromatic rings. The van der Waals surface area contributed by atoms with Crippen LogP contribution in [0.2, 0.25) is 0 Å². The number of fused-ring (bicyclic) bond motifs is 3. The summed E-state index contributed by atoms with van der Waals surface area (Å²) in [4.78, 5) is 44.6. The molecule has 2 saturated heterocycles. The first-order chi connectivity index (χ1) is 18.4. The van der Waals surface area contributed by atoms with Gasteiger partial charge >= 0.3 is 5.97 Å². The third-order valence-electron chi connectivity index (χ3n) is 8.15. The number of nitrogens with zero attached hydrogens (tertiary/aromatic N) is 5. The van der Waals surface area contributed by atoms with Gasteiger partial charge in [-0.15, -0.1) is 5.10 Å². The number of β-amino-alcohol motifs (C(OH)–C–C–N with tert-alkyl or cyclic N) is 1. The number of aliphatic hydroxyl groups is 1. The molecule has 0 saturated carbocycles. The number of para-hydroxylation sites is 1. The number of likely N-dealkylation sites (tertiary alicyclic amines) is 1. The van der Waals surface area contributed by atoms with Crippen LogP contribution in [0.1, 0.15) is 26.2 Å². The summed E-state index contributed by atoms with van der Waals surface area (Å²) in [5.41, 5.74) is -1.04. The maximum atomic E-state index is 14.2. The second-order valence-electron chi connectivity index (χ2n) is 10.5. The van der Waals surface area contributed by atoms with Crippen molar-refractivity contribution in [3.8, 4) is 0 Å². The first-order valence-electron chi connectivity index (χ1n) is 13.1. The van der Waals surface area contributed by atoms with E-state index in [2.05, 4.69) is 10.3 Å². The molecule has 1 N–H and O–H groups in total. The summed E-state index contributed by atoms with van der Waals surface area (Å²) in [6.45, 7) is 2.04. The molecule has 38 heavy (non-hydrogen) atoms. The average Bonchev–Trinajstić information content (AvgIpc) is 3.46. The fraction of sp³-hybridized carbons (Fsp3) is 0.519. The molecule has 0 radical (unpaired) electrons. The maximum absolute atomic E-state index is 14.2. The average molecular weight is 522 g/mol. The largest absolute Gasteiger partial charge is 0.465 e. The van der Waals surface area contributed by atoms with Crippen LogP contribution >= 0.6 is 0 Å². The number of cyclic esters (lactones) is 1. The number of amides is 2. The highest BCUT2D eigenvalue weighted by Crippen LogP contribution is 2.57. The van der Waals surface area contributed by atoms with Crippen LogP contribution in [0.5, 0.6) is 0 Å². The predicted octanol–water partition coefficient (Wildman–Crippen LogP) is 1.03. The van der Waals surface area contributed by atoms with Crippen LogP contribution in [0.4, 0.5) is 0 Å². The summed E-state index contributed by atoms with van der Waals surface area (Å²) in [6.07, 6.45) is 9.81. The Bertz CT molecular complexity index is 1340. The molecule has 1 spiro atoms. The van der Waals surface area contributed by atoms with Crippen LogP contribution in [0.25, 0.3) is 11.0 Å². The molecule has 1 aromatic heterocycles. The van der Waals surface area contributed by atoms with Crippen molar-refractivity contribution in [3.05, 3.63) is 48.6 Å². The van der Waals surface area contributed by atoms with Crippen molar-refractivity contribution in [1.82, 2.24) is 24.8 Å². The van der Waals surface area contributed by atoms with Gasteiger partial charge in [0.25, 0.3) is 5.91 Å². The van der Waals surface area contributed by atoms with Crippen LogP contribution < -0.4 is 0 Å². The minimum atomic E-state index is -1.39. The molecule has 2 amide bonds. The van der Waals surface area contributed by atoms with Gasteiger partial charge in [-0.3, -0.25) is 14.4 Å². The lowest BCUT2D eigenvalue weighted by molar-refractivity contribution is -0.160. The quantitative estimate of drug-likeness (QED) is 0.467. The van der Waals surface area contributed by atoms with Crippen molar-refractivity contribution in [2.45, 2.75) is 50.1 Å². The minimum absolute atomic E-state index is 0.0564. The van der Waals surface area contributed by atoms with Crippen LogP contribution in [0, 0.1) is 11.8 Å². The van der Waals surface area contributed by atoms with Gasteiger partial charge in [0.05, 0.1) is 30.2 Å². The Hall–Kier alpha value is -3.57. The first kappa shape index (κ1) is 24.7. The van der Waals surface area contributed by atoms with Crippen LogP contribution in [0.3, 0.4) is 0 Å². The number of aromatic nitrogens is 3. The van der Waals surface area contributed by atoms with Gasteiger partial charge in [0.1, 0.15) is 29.7 Å². The topological polar surface area (TPSA) is 127 Å². The van der Waals surface area contributed by atoms with Gasteiger partial charge in [0.2, 0.25) is 5.91 Å². The molecular formula is C27H31N5O6. The highest BCUT2D eigenvalue weighted by atomic mass is 16.6. The second kappa shape index (κ2) is 9.32. The van der Waals surface area contributed by atoms with E-state index in [1.54, 1.807) is 22.6 Å². The van der Waals surface area contributed by atoms with Crippen LogP contribution in [-0.4, -0.2) is 91.2 Å². The lowest BCUT2D eigenvalue weighted by Crippen LogP contribution is -2.56. The monoisotopic (exact) mass is 521 g/mol. The summed E-state index contributed by atoms with van der Waals surface area (Å²) in [6, 6.07) is 6.41. The van der Waals surface area contributed by atoms with E-state index in [0.29, 0.717) is 5.52 Å². The lowest BCUT2D eigenvalue weighted by atomic mass is 9.74. The standard InChI is InChI=1S/C27H31N5O6/c1-26-11-6-2-3-7-16-37-25(36)21(26)20-23(34)31(14-15-33)22-24(35)30(13-8-12-27(20,22)38-26)17-32-19-10-5-4-9-18(19)28-29-32/h4-6,8-12,20-22,33H,2-3,7,13-17H2,1H3/b11-6-/t20-,21-,22?,26+,27-/m0/s1. The third-order valence-corrected chi connectivity index (χ3v) is 8.15. The molecule has 11 heteroatoms. The van der Waals surface area contributed by atoms with Gasteiger partial charge in [-0.05, 0) is 38.3 Å². The summed E-state index contributed by atoms with van der Waals surface area (Å²) in [5.74, 6) is -3.14. The van der Waals surface area contributed by atoms with E-state index in [-0.39, 0.29) is 38.9 Å². The number of carbonyl (C=O) groups is 3. The van der Waals surface area contributed by atoms with Gasteiger partial charge in [-0.2, -0.15) is 0 Å². The van der Waals surface area contributed by atoms with Crippen LogP contribution in [-0.2, 0) is 30.5 Å². The number of rotatable bonds is 4. The molecule has 0 bridgehead atoms. The lowest BCUT2D eigenvalue weighted by Gasteiger charge is -2.37. The van der Waals surface area contributed by atoms with Gasteiger partial charge in [0.15, 0.2) is 0 Å². The number of esters is 1. The molecule has 0 aliphatic carbocycles. The van der Waals surface area contributed by atoms with Crippen molar-refractivity contribution in [2.75, 3.05) is 26.3 Å². The minimum Gasteiger partial charge on any atom is -0.465 e. The van der Waals surface area contributed by atoms with Crippen molar-refractivity contribution in [1.29, 1.82) is 0 Å². The molecule has 1 unspecified atom stereocenters. The SMILES string of the molecule is C[C@@]12/C=C\CCCCOC(=O)[C@@H]1[C@H]1C(=O)N(CCO)C3C(=O)N(Cn4nnc5ccccc54)CC=C[C@@]31O2. The molecule has 5 heterocycles. The first-order valence-corrected chi connectivity index (χ1v) is 13.1. The highest BCUT2D eigenvalue weighted by Gasteiger charge is 2.74. The molecular weight excluding hydrogens is 490 g/mol. The summed E-state index contributed by atoms with van der Waals surface area (Å²) < 4.78 is 14.0. The smallest absolute Gasteiger partial charge is 0.313 e. The Balaban J connectivity index is 1.42. The number of allylic oxidation sites excluding steroid dienone is 1. The van der Waals surface area contributed by atoms with E-state index >= 15 is 0 Å². The van der Waals surface area contributed by atoms with Crippen molar-refractivity contribution in [3.63, 3.8) is 0 Å². The number of hydrogen-bond donors (Lipinski definition) is 1. The Labute approximate surface area is 219 Å². The Kier molecular flexibility index (Phi) is 6.07. The van der Waals surface area contributed by atoms with Crippen LogP contribution in [0.15, 0.2) is 48.6 Å².